The SMILES string of the molecule is CN(C)C=Nc1nc(OC(=O)C2CC2)ncc1F. The van der Waals surface area contributed by atoms with Gasteiger partial charge in [-0.25, -0.2) is 14.4 Å². The molecule has 18 heavy (non-hydrogen) atoms. The van der Waals surface area contributed by atoms with Gasteiger partial charge < -0.3 is 9.64 Å². The highest BCUT2D eigenvalue weighted by Gasteiger charge is 2.32. The number of carbonyl (C=O) groups excluding carboxylic acids is 1. The molecule has 0 aliphatic heterocycles. The summed E-state index contributed by atoms with van der Waals surface area (Å²) in [6.07, 6.45) is 3.99. The van der Waals surface area contributed by atoms with Crippen molar-refractivity contribution in [1.29, 1.82) is 0 Å². The molecule has 0 saturated heterocycles. The number of hydrogen-bond acceptors (Lipinski definition) is 5. The minimum Gasteiger partial charge on any atom is -0.391 e. The maximum Gasteiger partial charge on any atom is 0.326 e. The molecular formula is C11H13FN4O2. The number of esters is 1. The van der Waals surface area contributed by atoms with Gasteiger partial charge in [-0.15, -0.1) is 0 Å². The van der Waals surface area contributed by atoms with Crippen LogP contribution < -0.4 is 4.74 Å². The molecule has 96 valence electrons. The molecule has 7 heteroatoms. The Balaban J connectivity index is 2.12. The molecule has 0 aromatic carbocycles. The molecule has 6 nitrogen and oxygen atoms in total. The summed E-state index contributed by atoms with van der Waals surface area (Å²) in [6, 6.07) is -0.167. The summed E-state index contributed by atoms with van der Waals surface area (Å²) >= 11 is 0. The van der Waals surface area contributed by atoms with Gasteiger partial charge in [0.25, 0.3) is 0 Å². The van der Waals surface area contributed by atoms with Crippen molar-refractivity contribution in [3.63, 3.8) is 0 Å². The van der Waals surface area contributed by atoms with Crippen LogP contribution in [0.15, 0.2) is 11.2 Å². The monoisotopic (exact) mass is 252 g/mol. The van der Waals surface area contributed by atoms with Gasteiger partial charge in [0, 0.05) is 14.1 Å². The summed E-state index contributed by atoms with van der Waals surface area (Å²) in [4.78, 5) is 24.2. The highest BCUT2D eigenvalue weighted by Crippen LogP contribution is 2.30. The van der Waals surface area contributed by atoms with Gasteiger partial charge in [-0.2, -0.15) is 4.98 Å². The molecule has 0 bridgehead atoms. The average molecular weight is 252 g/mol. The van der Waals surface area contributed by atoms with Crippen molar-refractivity contribution in [2.24, 2.45) is 10.9 Å². The van der Waals surface area contributed by atoms with E-state index >= 15 is 0 Å². The average Bonchev–Trinajstić information content (AvgIpc) is 3.13. The van der Waals surface area contributed by atoms with Crippen molar-refractivity contribution in [3.05, 3.63) is 12.0 Å². The first-order chi connectivity index (χ1) is 8.56. The van der Waals surface area contributed by atoms with Gasteiger partial charge in [-0.05, 0) is 12.8 Å². The standard InChI is InChI=1S/C11H13FN4O2/c1-16(2)6-14-9-8(12)5-13-11(15-9)18-10(17)7-3-4-7/h5-7H,3-4H2,1-2H3. The van der Waals surface area contributed by atoms with E-state index in [-0.39, 0.29) is 23.7 Å². The fourth-order valence-electron chi connectivity index (χ4n) is 1.14. The topological polar surface area (TPSA) is 67.7 Å². The van der Waals surface area contributed by atoms with Gasteiger partial charge >= 0.3 is 12.0 Å². The predicted molar refractivity (Wildman–Crippen MR) is 62.2 cm³/mol. The van der Waals surface area contributed by atoms with Crippen LogP contribution in [0.5, 0.6) is 6.01 Å². The molecule has 0 unspecified atom stereocenters. The molecule has 0 radical (unpaired) electrons. The van der Waals surface area contributed by atoms with E-state index in [1.807, 2.05) is 0 Å². The quantitative estimate of drug-likeness (QED) is 0.457. The van der Waals surface area contributed by atoms with Crippen molar-refractivity contribution < 1.29 is 13.9 Å². The Morgan fingerprint density at radius 2 is 2.33 bits per heavy atom. The zero-order valence-corrected chi connectivity index (χ0v) is 10.1. The molecule has 1 aliphatic rings. The van der Waals surface area contributed by atoms with Crippen LogP contribution in [-0.4, -0.2) is 41.3 Å². The van der Waals surface area contributed by atoms with Crippen LogP contribution in [-0.2, 0) is 4.79 Å². The van der Waals surface area contributed by atoms with Crippen LogP contribution in [0, 0.1) is 11.7 Å². The second-order valence-electron chi connectivity index (χ2n) is 4.23. The predicted octanol–water partition coefficient (Wildman–Crippen LogP) is 1.15. The number of nitrogens with zero attached hydrogens (tertiary/aromatic N) is 4. The highest BCUT2D eigenvalue weighted by atomic mass is 19.1. The van der Waals surface area contributed by atoms with Crippen LogP contribution in [0.4, 0.5) is 10.2 Å². The zero-order valence-electron chi connectivity index (χ0n) is 10.1. The van der Waals surface area contributed by atoms with Crippen molar-refractivity contribution >= 4 is 18.1 Å². The van der Waals surface area contributed by atoms with Crippen molar-refractivity contribution in [1.82, 2.24) is 14.9 Å². The number of aliphatic imine (C=N–C) groups is 1. The van der Waals surface area contributed by atoms with E-state index in [9.17, 15) is 9.18 Å². The fraction of sp³-hybridized carbons (Fsp3) is 0.455. The number of hydrogen-bond donors (Lipinski definition) is 0. The van der Waals surface area contributed by atoms with Crippen molar-refractivity contribution in [3.8, 4) is 6.01 Å². The second-order valence-corrected chi connectivity index (χ2v) is 4.23. The highest BCUT2D eigenvalue weighted by molar-refractivity contribution is 5.76. The lowest BCUT2D eigenvalue weighted by atomic mass is 10.4. The summed E-state index contributed by atoms with van der Waals surface area (Å²) in [5.41, 5.74) is 0. The van der Waals surface area contributed by atoms with Crippen LogP contribution in [0.3, 0.4) is 0 Å². The molecule has 0 amide bonds. The van der Waals surface area contributed by atoms with E-state index in [1.54, 1.807) is 19.0 Å². The van der Waals surface area contributed by atoms with Crippen molar-refractivity contribution in [2.45, 2.75) is 12.8 Å². The van der Waals surface area contributed by atoms with Crippen LogP contribution in [0.1, 0.15) is 12.8 Å². The third-order valence-electron chi connectivity index (χ3n) is 2.22. The molecule has 1 saturated carbocycles. The Morgan fingerprint density at radius 1 is 1.61 bits per heavy atom. The molecule has 0 spiro atoms. The minimum atomic E-state index is -0.667. The van der Waals surface area contributed by atoms with Gasteiger partial charge in [-0.3, -0.25) is 4.79 Å². The molecule has 0 atom stereocenters. The van der Waals surface area contributed by atoms with Gasteiger partial charge in [-0.1, -0.05) is 0 Å². The number of aromatic nitrogens is 2. The Hall–Kier alpha value is -2.05. The molecule has 1 heterocycles. The van der Waals surface area contributed by atoms with E-state index in [2.05, 4.69) is 15.0 Å². The van der Waals surface area contributed by atoms with Crippen LogP contribution in [0.25, 0.3) is 0 Å². The van der Waals surface area contributed by atoms with Gasteiger partial charge in [0.1, 0.15) is 0 Å². The van der Waals surface area contributed by atoms with Crippen LogP contribution >= 0.6 is 0 Å². The molecule has 1 aromatic heterocycles. The first-order valence-corrected chi connectivity index (χ1v) is 5.51. The first-order valence-electron chi connectivity index (χ1n) is 5.51. The normalized spacial score (nSPS) is 14.8. The smallest absolute Gasteiger partial charge is 0.326 e. The molecule has 0 N–H and O–H groups in total. The molecule has 1 aliphatic carbocycles. The Bertz CT molecular complexity index is 486. The molecule has 2 rings (SSSR count). The largest absolute Gasteiger partial charge is 0.391 e. The Morgan fingerprint density at radius 3 is 2.94 bits per heavy atom. The van der Waals surface area contributed by atoms with E-state index in [4.69, 9.17) is 4.74 Å². The summed E-state index contributed by atoms with van der Waals surface area (Å²) < 4.78 is 18.3. The molecule has 1 aromatic rings. The summed E-state index contributed by atoms with van der Waals surface area (Å²) in [5.74, 6) is -1.26. The molecular weight excluding hydrogens is 239 g/mol. The van der Waals surface area contributed by atoms with E-state index in [0.717, 1.165) is 19.0 Å². The lowest BCUT2D eigenvalue weighted by Crippen LogP contribution is -2.12. The number of rotatable bonds is 4. The minimum absolute atomic E-state index is 0.0626. The number of ether oxygens (including phenoxy) is 1. The zero-order chi connectivity index (χ0) is 13.1. The van der Waals surface area contributed by atoms with E-state index < -0.39 is 5.82 Å². The van der Waals surface area contributed by atoms with Gasteiger partial charge in [0.2, 0.25) is 0 Å². The van der Waals surface area contributed by atoms with Gasteiger partial charge in [0.15, 0.2) is 11.6 Å². The van der Waals surface area contributed by atoms with Crippen LogP contribution in [0.2, 0.25) is 0 Å². The lowest BCUT2D eigenvalue weighted by molar-refractivity contribution is -0.136. The van der Waals surface area contributed by atoms with E-state index in [1.165, 1.54) is 6.34 Å². The first kappa shape index (κ1) is 12.4. The summed E-state index contributed by atoms with van der Waals surface area (Å²) in [6.45, 7) is 0. The lowest BCUT2D eigenvalue weighted by Gasteiger charge is -2.04. The third kappa shape index (κ3) is 3.22. The third-order valence-corrected chi connectivity index (χ3v) is 2.22. The number of halogens is 1. The van der Waals surface area contributed by atoms with Gasteiger partial charge in [0.05, 0.1) is 18.5 Å². The molecule has 1 fully saturated rings. The Labute approximate surface area is 104 Å². The van der Waals surface area contributed by atoms with E-state index in [0.29, 0.717) is 0 Å². The summed E-state index contributed by atoms with van der Waals surface area (Å²) in [5, 5.41) is 0. The maximum absolute atomic E-state index is 13.3. The number of carbonyl (C=O) groups is 1. The second kappa shape index (κ2) is 5.07. The van der Waals surface area contributed by atoms with Crippen molar-refractivity contribution in [2.75, 3.05) is 14.1 Å². The fourth-order valence-corrected chi connectivity index (χ4v) is 1.14. The summed E-state index contributed by atoms with van der Waals surface area (Å²) in [7, 11) is 3.49. The Kier molecular flexibility index (Phi) is 3.50. The maximum atomic E-state index is 13.3.